The number of carbonyl (C=O) groups excluding carboxylic acids is 1. The van der Waals surface area contributed by atoms with Crippen molar-refractivity contribution in [3.8, 4) is 0 Å². The molecule has 2 aromatic rings. The van der Waals surface area contributed by atoms with Crippen LogP contribution in [0, 0.1) is 6.92 Å². The number of amides is 1. The molecular formula is C14H18N4O. The van der Waals surface area contributed by atoms with E-state index in [0.29, 0.717) is 18.7 Å². The summed E-state index contributed by atoms with van der Waals surface area (Å²) in [6.45, 7) is 2.93. The molecule has 0 saturated heterocycles. The van der Waals surface area contributed by atoms with Crippen LogP contribution in [0.1, 0.15) is 27.2 Å². The molecule has 19 heavy (non-hydrogen) atoms. The highest BCUT2D eigenvalue weighted by molar-refractivity contribution is 5.94. The first-order valence-corrected chi connectivity index (χ1v) is 6.15. The molecule has 0 saturated carbocycles. The second-order valence-electron chi connectivity index (χ2n) is 4.59. The predicted molar refractivity (Wildman–Crippen MR) is 73.5 cm³/mol. The van der Waals surface area contributed by atoms with Crippen molar-refractivity contribution in [2.75, 3.05) is 7.05 Å². The lowest BCUT2D eigenvalue weighted by atomic mass is 10.1. The fourth-order valence-electron chi connectivity index (χ4n) is 1.90. The molecule has 0 radical (unpaired) electrons. The fraction of sp³-hybridized carbons (Fsp3) is 0.286. The van der Waals surface area contributed by atoms with E-state index in [2.05, 4.69) is 10.2 Å². The first-order chi connectivity index (χ1) is 9.11. The summed E-state index contributed by atoms with van der Waals surface area (Å²) < 4.78 is 0. The van der Waals surface area contributed by atoms with E-state index in [1.54, 1.807) is 18.1 Å². The van der Waals surface area contributed by atoms with Gasteiger partial charge in [-0.1, -0.05) is 24.3 Å². The van der Waals surface area contributed by atoms with Gasteiger partial charge in [-0.3, -0.25) is 9.89 Å². The molecule has 0 aliphatic heterocycles. The Hall–Kier alpha value is -2.14. The topological polar surface area (TPSA) is 75.0 Å². The molecule has 1 amide bonds. The quantitative estimate of drug-likeness (QED) is 0.871. The van der Waals surface area contributed by atoms with Crippen LogP contribution >= 0.6 is 0 Å². The SMILES string of the molecule is Cc1[nH]ncc1C(=O)N(C)Cc1ccc(CN)cc1. The molecule has 0 fully saturated rings. The van der Waals surface area contributed by atoms with Gasteiger partial charge in [0, 0.05) is 25.8 Å². The summed E-state index contributed by atoms with van der Waals surface area (Å²) in [6, 6.07) is 7.95. The van der Waals surface area contributed by atoms with E-state index in [0.717, 1.165) is 16.8 Å². The number of aromatic amines is 1. The summed E-state index contributed by atoms with van der Waals surface area (Å²) in [5, 5.41) is 6.64. The van der Waals surface area contributed by atoms with E-state index in [1.807, 2.05) is 31.2 Å². The monoisotopic (exact) mass is 258 g/mol. The lowest BCUT2D eigenvalue weighted by Crippen LogP contribution is -2.26. The van der Waals surface area contributed by atoms with E-state index >= 15 is 0 Å². The maximum atomic E-state index is 12.2. The van der Waals surface area contributed by atoms with Crippen molar-refractivity contribution in [2.24, 2.45) is 5.73 Å². The summed E-state index contributed by atoms with van der Waals surface area (Å²) in [4.78, 5) is 13.9. The number of nitrogens with two attached hydrogens (primary N) is 1. The lowest BCUT2D eigenvalue weighted by Gasteiger charge is -2.17. The fourth-order valence-corrected chi connectivity index (χ4v) is 1.90. The van der Waals surface area contributed by atoms with Crippen LogP contribution in [0.2, 0.25) is 0 Å². The lowest BCUT2D eigenvalue weighted by molar-refractivity contribution is 0.0784. The van der Waals surface area contributed by atoms with E-state index in [4.69, 9.17) is 5.73 Å². The molecular weight excluding hydrogens is 240 g/mol. The van der Waals surface area contributed by atoms with Crippen molar-refractivity contribution in [3.05, 3.63) is 52.8 Å². The normalized spacial score (nSPS) is 10.5. The molecule has 0 atom stereocenters. The van der Waals surface area contributed by atoms with Crippen LogP contribution in [0.3, 0.4) is 0 Å². The van der Waals surface area contributed by atoms with E-state index in [9.17, 15) is 4.79 Å². The molecule has 0 unspecified atom stereocenters. The molecule has 0 aliphatic rings. The highest BCUT2D eigenvalue weighted by Crippen LogP contribution is 2.11. The minimum Gasteiger partial charge on any atom is -0.337 e. The van der Waals surface area contributed by atoms with Gasteiger partial charge < -0.3 is 10.6 Å². The molecule has 1 aromatic heterocycles. The van der Waals surface area contributed by atoms with Gasteiger partial charge in [0.2, 0.25) is 0 Å². The summed E-state index contributed by atoms with van der Waals surface area (Å²) in [7, 11) is 1.78. The van der Waals surface area contributed by atoms with Gasteiger partial charge in [-0.05, 0) is 18.1 Å². The Morgan fingerprint density at radius 3 is 2.47 bits per heavy atom. The standard InChI is InChI=1S/C14H18N4O/c1-10-13(8-16-17-10)14(19)18(2)9-12-5-3-11(7-15)4-6-12/h3-6,8H,7,9,15H2,1-2H3,(H,16,17). The Balaban J connectivity index is 2.06. The Morgan fingerprint density at radius 1 is 1.32 bits per heavy atom. The first-order valence-electron chi connectivity index (χ1n) is 6.15. The van der Waals surface area contributed by atoms with Crippen LogP contribution in [0.4, 0.5) is 0 Å². The first kappa shape index (κ1) is 13.3. The van der Waals surface area contributed by atoms with Crippen LogP contribution in [-0.2, 0) is 13.1 Å². The van der Waals surface area contributed by atoms with Crippen LogP contribution in [0.5, 0.6) is 0 Å². The second kappa shape index (κ2) is 5.67. The zero-order valence-corrected chi connectivity index (χ0v) is 11.2. The van der Waals surface area contributed by atoms with Crippen LogP contribution in [0.15, 0.2) is 30.5 Å². The number of hydrogen-bond acceptors (Lipinski definition) is 3. The Morgan fingerprint density at radius 2 is 1.95 bits per heavy atom. The number of benzene rings is 1. The highest BCUT2D eigenvalue weighted by atomic mass is 16.2. The number of carbonyl (C=O) groups is 1. The summed E-state index contributed by atoms with van der Waals surface area (Å²) in [5.41, 5.74) is 9.12. The average Bonchev–Trinajstić information content (AvgIpc) is 2.85. The zero-order chi connectivity index (χ0) is 13.8. The van der Waals surface area contributed by atoms with Crippen molar-refractivity contribution in [1.82, 2.24) is 15.1 Å². The van der Waals surface area contributed by atoms with Gasteiger partial charge in [-0.2, -0.15) is 5.10 Å². The average molecular weight is 258 g/mol. The summed E-state index contributed by atoms with van der Waals surface area (Å²) >= 11 is 0. The number of nitrogens with one attached hydrogen (secondary N) is 1. The number of rotatable bonds is 4. The molecule has 0 spiro atoms. The van der Waals surface area contributed by atoms with Crippen molar-refractivity contribution in [1.29, 1.82) is 0 Å². The van der Waals surface area contributed by atoms with Gasteiger partial charge >= 0.3 is 0 Å². The Bertz CT molecular complexity index is 559. The zero-order valence-electron chi connectivity index (χ0n) is 11.2. The van der Waals surface area contributed by atoms with Gasteiger partial charge in [0.25, 0.3) is 5.91 Å². The van der Waals surface area contributed by atoms with Crippen molar-refractivity contribution >= 4 is 5.91 Å². The summed E-state index contributed by atoms with van der Waals surface area (Å²) in [5.74, 6) is -0.0332. The minimum atomic E-state index is -0.0332. The van der Waals surface area contributed by atoms with Crippen LogP contribution in [0.25, 0.3) is 0 Å². The highest BCUT2D eigenvalue weighted by Gasteiger charge is 2.15. The number of H-pyrrole nitrogens is 1. The van der Waals surface area contributed by atoms with Gasteiger partial charge in [0.05, 0.1) is 11.8 Å². The third-order valence-electron chi connectivity index (χ3n) is 3.09. The Kier molecular flexibility index (Phi) is 3.97. The number of hydrogen-bond donors (Lipinski definition) is 2. The van der Waals surface area contributed by atoms with Crippen LogP contribution < -0.4 is 5.73 Å². The van der Waals surface area contributed by atoms with Crippen LogP contribution in [-0.4, -0.2) is 28.1 Å². The molecule has 3 N–H and O–H groups in total. The third kappa shape index (κ3) is 3.00. The molecule has 1 aromatic carbocycles. The number of nitrogens with zero attached hydrogens (tertiary/aromatic N) is 2. The predicted octanol–water partition coefficient (Wildman–Crippen LogP) is 1.45. The molecule has 100 valence electrons. The summed E-state index contributed by atoms with van der Waals surface area (Å²) in [6.07, 6.45) is 1.56. The maximum Gasteiger partial charge on any atom is 0.257 e. The second-order valence-corrected chi connectivity index (χ2v) is 4.59. The van der Waals surface area contributed by atoms with Gasteiger partial charge in [0.1, 0.15) is 0 Å². The van der Waals surface area contributed by atoms with Gasteiger partial charge in [-0.15, -0.1) is 0 Å². The van der Waals surface area contributed by atoms with E-state index < -0.39 is 0 Å². The molecule has 0 bridgehead atoms. The number of aromatic nitrogens is 2. The smallest absolute Gasteiger partial charge is 0.257 e. The van der Waals surface area contributed by atoms with Crippen molar-refractivity contribution < 1.29 is 4.79 Å². The number of aryl methyl sites for hydroxylation is 1. The minimum absolute atomic E-state index is 0.0332. The van der Waals surface area contributed by atoms with Crippen molar-refractivity contribution in [2.45, 2.75) is 20.0 Å². The van der Waals surface area contributed by atoms with Gasteiger partial charge in [0.15, 0.2) is 0 Å². The molecule has 0 aliphatic carbocycles. The van der Waals surface area contributed by atoms with Crippen molar-refractivity contribution in [3.63, 3.8) is 0 Å². The molecule has 5 heteroatoms. The Labute approximate surface area is 112 Å². The van der Waals surface area contributed by atoms with E-state index in [-0.39, 0.29) is 5.91 Å². The molecule has 5 nitrogen and oxygen atoms in total. The maximum absolute atomic E-state index is 12.2. The molecule has 1 heterocycles. The third-order valence-corrected chi connectivity index (χ3v) is 3.09. The largest absolute Gasteiger partial charge is 0.337 e. The molecule has 2 rings (SSSR count). The van der Waals surface area contributed by atoms with Gasteiger partial charge in [-0.25, -0.2) is 0 Å². The van der Waals surface area contributed by atoms with E-state index in [1.165, 1.54) is 0 Å².